The van der Waals surface area contributed by atoms with Gasteiger partial charge in [0.15, 0.2) is 0 Å². The third-order valence-corrected chi connectivity index (χ3v) is 6.02. The molecule has 6 aromatic rings. The molecule has 30 heavy (non-hydrogen) atoms. The molecule has 6 aromatic carbocycles. The van der Waals surface area contributed by atoms with Crippen molar-refractivity contribution in [3.8, 4) is 11.1 Å². The van der Waals surface area contributed by atoms with E-state index in [0.717, 1.165) is 0 Å². The van der Waals surface area contributed by atoms with Gasteiger partial charge in [-0.05, 0) is 60.6 Å². The summed E-state index contributed by atoms with van der Waals surface area (Å²) in [6.45, 7) is 0. The summed E-state index contributed by atoms with van der Waals surface area (Å²) in [7, 11) is 0. The molecule has 0 atom stereocenters. The minimum atomic E-state index is 1.21. The molecule has 0 aliphatic rings. The van der Waals surface area contributed by atoms with Crippen LogP contribution in [0, 0.1) is 0 Å². The predicted molar refractivity (Wildman–Crippen MR) is 131 cm³/mol. The lowest BCUT2D eigenvalue weighted by Gasteiger charge is -2.16. The molecule has 0 heteroatoms. The summed E-state index contributed by atoms with van der Waals surface area (Å²) in [5.74, 6) is 0. The van der Waals surface area contributed by atoms with Gasteiger partial charge in [0, 0.05) is 0 Å². The van der Waals surface area contributed by atoms with Gasteiger partial charge >= 0.3 is 0 Å². The highest BCUT2D eigenvalue weighted by molar-refractivity contribution is 6.25. The van der Waals surface area contributed by atoms with Crippen molar-refractivity contribution in [2.24, 2.45) is 0 Å². The Morgan fingerprint density at radius 2 is 1.13 bits per heavy atom. The van der Waals surface area contributed by atoms with Crippen molar-refractivity contribution in [2.45, 2.75) is 0 Å². The first-order chi connectivity index (χ1) is 14.9. The summed E-state index contributed by atoms with van der Waals surface area (Å²) >= 11 is 0. The van der Waals surface area contributed by atoms with Crippen LogP contribution in [0.25, 0.3) is 55.6 Å². The summed E-state index contributed by atoms with van der Waals surface area (Å²) in [6.07, 6.45) is 4.50. The molecule has 0 nitrogen and oxygen atoms in total. The summed E-state index contributed by atoms with van der Waals surface area (Å²) < 4.78 is 0. The third-order valence-electron chi connectivity index (χ3n) is 6.02. The minimum absolute atomic E-state index is 1.21. The molecular weight excluding hydrogens is 360 g/mol. The van der Waals surface area contributed by atoms with Crippen LogP contribution in [0.2, 0.25) is 0 Å². The molecule has 0 unspecified atom stereocenters. The SMILES string of the molecule is C(=Cc1c(-c2ccccc2)cc2ccc3cccc4ccc1c2c34)c1ccccc1. The first kappa shape index (κ1) is 17.0. The van der Waals surface area contributed by atoms with Gasteiger partial charge in [0.1, 0.15) is 0 Å². The van der Waals surface area contributed by atoms with Gasteiger partial charge in [-0.1, -0.05) is 115 Å². The predicted octanol–water partition coefficient (Wildman–Crippen LogP) is 8.42. The Labute approximate surface area is 176 Å². The monoisotopic (exact) mass is 380 g/mol. The van der Waals surface area contributed by atoms with E-state index in [0.29, 0.717) is 0 Å². The maximum Gasteiger partial charge on any atom is -0.00203 e. The fourth-order valence-corrected chi connectivity index (χ4v) is 4.61. The Bertz CT molecular complexity index is 1490. The number of hydrogen-bond acceptors (Lipinski definition) is 0. The Balaban J connectivity index is 1.72. The molecule has 0 N–H and O–H groups in total. The molecule has 0 fully saturated rings. The molecule has 0 spiro atoms. The van der Waals surface area contributed by atoms with Crippen LogP contribution in [0.5, 0.6) is 0 Å². The van der Waals surface area contributed by atoms with Crippen molar-refractivity contribution in [3.05, 3.63) is 120 Å². The second-order valence-electron chi connectivity index (χ2n) is 7.80. The maximum absolute atomic E-state index is 2.36. The van der Waals surface area contributed by atoms with Crippen LogP contribution in [0.1, 0.15) is 11.1 Å². The highest BCUT2D eigenvalue weighted by Crippen LogP contribution is 2.40. The lowest BCUT2D eigenvalue weighted by molar-refractivity contribution is 1.63. The molecule has 0 radical (unpaired) electrons. The lowest BCUT2D eigenvalue weighted by Crippen LogP contribution is -1.90. The van der Waals surface area contributed by atoms with E-state index in [-0.39, 0.29) is 0 Å². The highest BCUT2D eigenvalue weighted by Gasteiger charge is 2.14. The van der Waals surface area contributed by atoms with E-state index in [1.165, 1.54) is 54.6 Å². The van der Waals surface area contributed by atoms with Gasteiger partial charge in [0.2, 0.25) is 0 Å². The zero-order valence-corrected chi connectivity index (χ0v) is 16.5. The number of rotatable bonds is 3. The highest BCUT2D eigenvalue weighted by atomic mass is 14.2. The van der Waals surface area contributed by atoms with E-state index in [2.05, 4.69) is 121 Å². The molecule has 6 rings (SSSR count). The number of benzene rings is 6. The van der Waals surface area contributed by atoms with Gasteiger partial charge in [-0.3, -0.25) is 0 Å². The fourth-order valence-electron chi connectivity index (χ4n) is 4.61. The van der Waals surface area contributed by atoms with Crippen LogP contribution in [-0.4, -0.2) is 0 Å². The van der Waals surface area contributed by atoms with Crippen LogP contribution in [0.15, 0.2) is 109 Å². The van der Waals surface area contributed by atoms with E-state index < -0.39 is 0 Å². The van der Waals surface area contributed by atoms with Crippen LogP contribution in [0.3, 0.4) is 0 Å². The third kappa shape index (κ3) is 2.69. The molecule has 0 saturated heterocycles. The summed E-state index contributed by atoms with van der Waals surface area (Å²) in [5.41, 5.74) is 5.00. The van der Waals surface area contributed by atoms with Crippen molar-refractivity contribution < 1.29 is 0 Å². The molecular formula is C30H20. The van der Waals surface area contributed by atoms with Crippen LogP contribution >= 0.6 is 0 Å². The normalized spacial score (nSPS) is 11.9. The largest absolute Gasteiger partial charge is 0.0622 e. The Hall–Kier alpha value is -3.90. The van der Waals surface area contributed by atoms with Crippen LogP contribution in [-0.2, 0) is 0 Å². The quantitative estimate of drug-likeness (QED) is 0.213. The zero-order chi connectivity index (χ0) is 19.9. The van der Waals surface area contributed by atoms with E-state index >= 15 is 0 Å². The first-order valence-corrected chi connectivity index (χ1v) is 10.4. The molecule has 0 aliphatic carbocycles. The van der Waals surface area contributed by atoms with E-state index in [9.17, 15) is 0 Å². The maximum atomic E-state index is 2.36. The molecule has 0 aromatic heterocycles. The second kappa shape index (κ2) is 6.86. The topological polar surface area (TPSA) is 0 Å². The average Bonchev–Trinajstić information content (AvgIpc) is 2.82. The number of hydrogen-bond donors (Lipinski definition) is 0. The van der Waals surface area contributed by atoms with Gasteiger partial charge in [-0.2, -0.15) is 0 Å². The Morgan fingerprint density at radius 1 is 0.467 bits per heavy atom. The molecule has 0 saturated carbocycles. The van der Waals surface area contributed by atoms with Crippen LogP contribution < -0.4 is 0 Å². The fraction of sp³-hybridized carbons (Fsp3) is 0. The van der Waals surface area contributed by atoms with E-state index in [1.54, 1.807) is 0 Å². The summed E-state index contributed by atoms with van der Waals surface area (Å²) in [5, 5.41) is 7.93. The van der Waals surface area contributed by atoms with Gasteiger partial charge in [-0.15, -0.1) is 0 Å². The summed E-state index contributed by atoms with van der Waals surface area (Å²) in [4.78, 5) is 0. The second-order valence-corrected chi connectivity index (χ2v) is 7.80. The van der Waals surface area contributed by atoms with Crippen molar-refractivity contribution in [1.29, 1.82) is 0 Å². The molecule has 0 amide bonds. The Kier molecular flexibility index (Phi) is 3.89. The molecule has 0 bridgehead atoms. The Morgan fingerprint density at radius 3 is 1.90 bits per heavy atom. The van der Waals surface area contributed by atoms with Gasteiger partial charge in [0.25, 0.3) is 0 Å². The van der Waals surface area contributed by atoms with Crippen molar-refractivity contribution in [2.75, 3.05) is 0 Å². The van der Waals surface area contributed by atoms with Crippen LogP contribution in [0.4, 0.5) is 0 Å². The van der Waals surface area contributed by atoms with Crippen molar-refractivity contribution in [1.82, 2.24) is 0 Å². The molecule has 0 aliphatic heterocycles. The summed E-state index contributed by atoms with van der Waals surface area (Å²) in [6, 6.07) is 39.2. The van der Waals surface area contributed by atoms with Crippen molar-refractivity contribution >= 4 is 44.5 Å². The lowest BCUT2D eigenvalue weighted by atomic mass is 9.87. The minimum Gasteiger partial charge on any atom is -0.0622 e. The molecule has 140 valence electrons. The smallest absolute Gasteiger partial charge is 0.00203 e. The van der Waals surface area contributed by atoms with Gasteiger partial charge < -0.3 is 0 Å². The van der Waals surface area contributed by atoms with Gasteiger partial charge in [-0.25, -0.2) is 0 Å². The molecule has 0 heterocycles. The standard InChI is InChI=1S/C30H20/c1-3-8-21(9-4-1)14-18-26-27-19-17-24-13-7-12-23-15-16-25(30(27)29(23)24)20-28(26)22-10-5-2-6-11-22/h1-20H. The average molecular weight is 380 g/mol. The first-order valence-electron chi connectivity index (χ1n) is 10.4. The zero-order valence-electron chi connectivity index (χ0n) is 16.5. The van der Waals surface area contributed by atoms with E-state index in [1.807, 2.05) is 0 Å². The van der Waals surface area contributed by atoms with E-state index in [4.69, 9.17) is 0 Å². The van der Waals surface area contributed by atoms with Crippen molar-refractivity contribution in [3.63, 3.8) is 0 Å². The van der Waals surface area contributed by atoms with Gasteiger partial charge in [0.05, 0.1) is 0 Å².